The Labute approximate surface area is 108 Å². The summed E-state index contributed by atoms with van der Waals surface area (Å²) in [6, 6.07) is -0.342. The molecule has 6 nitrogen and oxygen atoms in total. The lowest BCUT2D eigenvalue weighted by molar-refractivity contribution is -0.177. The van der Waals surface area contributed by atoms with Gasteiger partial charge in [-0.05, 0) is 6.42 Å². The van der Waals surface area contributed by atoms with Gasteiger partial charge in [-0.3, -0.25) is 0 Å². The minimum Gasteiger partial charge on any atom is -0.384 e. The van der Waals surface area contributed by atoms with E-state index in [1.165, 1.54) is 7.11 Å². The molecule has 2 N–H and O–H groups in total. The van der Waals surface area contributed by atoms with Gasteiger partial charge in [0.2, 0.25) is 0 Å². The SMILES string of the molecule is COCCS(=O)(=O)C1CC2(CCC1N)OCCO2. The summed E-state index contributed by atoms with van der Waals surface area (Å²) in [6.45, 7) is 1.25. The van der Waals surface area contributed by atoms with Crippen LogP contribution in [0.2, 0.25) is 0 Å². The van der Waals surface area contributed by atoms with Crippen molar-refractivity contribution in [2.45, 2.75) is 36.3 Å². The highest BCUT2D eigenvalue weighted by Crippen LogP contribution is 2.38. The number of methoxy groups -OCH3 is 1. The van der Waals surface area contributed by atoms with Crippen LogP contribution in [0.4, 0.5) is 0 Å². The van der Waals surface area contributed by atoms with Gasteiger partial charge in [0.25, 0.3) is 0 Å². The van der Waals surface area contributed by atoms with Gasteiger partial charge in [-0.15, -0.1) is 0 Å². The van der Waals surface area contributed by atoms with Gasteiger partial charge < -0.3 is 19.9 Å². The molecule has 1 aliphatic heterocycles. The molecule has 0 radical (unpaired) electrons. The third-order valence-corrected chi connectivity index (χ3v) is 5.87. The largest absolute Gasteiger partial charge is 0.384 e. The van der Waals surface area contributed by atoms with E-state index in [-0.39, 0.29) is 18.4 Å². The van der Waals surface area contributed by atoms with Crippen LogP contribution < -0.4 is 5.73 Å². The Kier molecular flexibility index (Phi) is 4.28. The molecule has 1 saturated carbocycles. The predicted octanol–water partition coefficient (Wildman–Crippen LogP) is -0.329. The van der Waals surface area contributed by atoms with E-state index in [9.17, 15) is 8.42 Å². The second kappa shape index (κ2) is 5.42. The second-order valence-corrected chi connectivity index (χ2v) is 7.25. The zero-order valence-electron chi connectivity index (χ0n) is 10.6. The highest BCUT2D eigenvalue weighted by Gasteiger charge is 2.48. The smallest absolute Gasteiger partial charge is 0.169 e. The van der Waals surface area contributed by atoms with Crippen molar-refractivity contribution in [3.8, 4) is 0 Å². The first kappa shape index (κ1) is 14.2. The standard InChI is InChI=1S/C11H21NO5S/c1-15-6-7-18(13,14)10-8-11(3-2-9(10)12)16-4-5-17-11/h9-10H,2-8,12H2,1H3. The molecule has 0 aromatic carbocycles. The van der Waals surface area contributed by atoms with Crippen molar-refractivity contribution in [1.82, 2.24) is 0 Å². The summed E-state index contributed by atoms with van der Waals surface area (Å²) < 4.78 is 40.5. The summed E-state index contributed by atoms with van der Waals surface area (Å²) in [5, 5.41) is -0.598. The third kappa shape index (κ3) is 2.85. The Hall–Kier alpha value is -0.210. The fraction of sp³-hybridized carbons (Fsp3) is 1.00. The van der Waals surface area contributed by atoms with E-state index in [4.69, 9.17) is 19.9 Å². The summed E-state index contributed by atoms with van der Waals surface area (Å²) in [5.74, 6) is -0.724. The first-order valence-electron chi connectivity index (χ1n) is 6.23. The van der Waals surface area contributed by atoms with Crippen LogP contribution in [0, 0.1) is 0 Å². The van der Waals surface area contributed by atoms with E-state index in [2.05, 4.69) is 0 Å². The Morgan fingerprint density at radius 3 is 2.67 bits per heavy atom. The lowest BCUT2D eigenvalue weighted by Crippen LogP contribution is -2.52. The van der Waals surface area contributed by atoms with Crippen LogP contribution in [0.3, 0.4) is 0 Å². The summed E-state index contributed by atoms with van der Waals surface area (Å²) in [7, 11) is -1.78. The topological polar surface area (TPSA) is 87.9 Å². The molecule has 1 aliphatic carbocycles. The minimum atomic E-state index is -3.27. The third-order valence-electron chi connectivity index (χ3n) is 3.70. The predicted molar refractivity (Wildman–Crippen MR) is 65.9 cm³/mol. The van der Waals surface area contributed by atoms with Gasteiger partial charge in [0, 0.05) is 26.0 Å². The molecule has 106 valence electrons. The Morgan fingerprint density at radius 1 is 1.39 bits per heavy atom. The normalized spacial score (nSPS) is 31.9. The number of ether oxygens (including phenoxy) is 3. The van der Waals surface area contributed by atoms with E-state index in [1.807, 2.05) is 0 Å². The van der Waals surface area contributed by atoms with Gasteiger partial charge in [-0.2, -0.15) is 0 Å². The molecule has 2 atom stereocenters. The Balaban J connectivity index is 2.10. The van der Waals surface area contributed by atoms with Crippen LogP contribution in [0.15, 0.2) is 0 Å². The van der Waals surface area contributed by atoms with E-state index < -0.39 is 20.9 Å². The molecule has 0 aromatic rings. The van der Waals surface area contributed by atoms with Crippen molar-refractivity contribution in [3.05, 3.63) is 0 Å². The van der Waals surface area contributed by atoms with Crippen molar-refractivity contribution in [2.24, 2.45) is 5.73 Å². The molecule has 18 heavy (non-hydrogen) atoms. The zero-order valence-corrected chi connectivity index (χ0v) is 11.4. The lowest BCUT2D eigenvalue weighted by Gasteiger charge is -2.39. The van der Waals surface area contributed by atoms with E-state index in [1.54, 1.807) is 0 Å². The molecule has 1 saturated heterocycles. The summed E-state index contributed by atoms with van der Waals surface area (Å²) >= 11 is 0. The fourth-order valence-electron chi connectivity index (χ4n) is 2.64. The number of nitrogens with two attached hydrogens (primary N) is 1. The first-order valence-corrected chi connectivity index (χ1v) is 7.95. The molecule has 2 unspecified atom stereocenters. The average molecular weight is 279 g/mol. The zero-order chi connectivity index (χ0) is 13.2. The van der Waals surface area contributed by atoms with Crippen molar-refractivity contribution in [2.75, 3.05) is 32.7 Å². The Morgan fingerprint density at radius 2 is 2.06 bits per heavy atom. The lowest BCUT2D eigenvalue weighted by atomic mass is 9.90. The first-order chi connectivity index (χ1) is 8.49. The van der Waals surface area contributed by atoms with Crippen LogP contribution in [-0.4, -0.2) is 58.2 Å². The van der Waals surface area contributed by atoms with Crippen molar-refractivity contribution < 1.29 is 22.6 Å². The number of rotatable bonds is 4. The quantitative estimate of drug-likeness (QED) is 0.758. The monoisotopic (exact) mass is 279 g/mol. The van der Waals surface area contributed by atoms with Gasteiger partial charge in [-0.25, -0.2) is 8.42 Å². The molecule has 1 spiro atoms. The fourth-order valence-corrected chi connectivity index (χ4v) is 4.51. The van der Waals surface area contributed by atoms with Crippen molar-refractivity contribution >= 4 is 9.84 Å². The molecule has 1 heterocycles. The van der Waals surface area contributed by atoms with E-state index in [0.717, 1.165) is 0 Å². The molecular formula is C11H21NO5S. The van der Waals surface area contributed by atoms with Crippen molar-refractivity contribution in [1.29, 1.82) is 0 Å². The maximum absolute atomic E-state index is 12.2. The highest BCUT2D eigenvalue weighted by atomic mass is 32.2. The van der Waals surface area contributed by atoms with Crippen molar-refractivity contribution in [3.63, 3.8) is 0 Å². The summed E-state index contributed by atoms with van der Waals surface area (Å²) in [5.41, 5.74) is 5.96. The average Bonchev–Trinajstić information content (AvgIpc) is 2.79. The van der Waals surface area contributed by atoms with Gasteiger partial charge in [0.1, 0.15) is 0 Å². The molecule has 2 rings (SSSR count). The van der Waals surface area contributed by atoms with Crippen LogP contribution in [-0.2, 0) is 24.0 Å². The molecule has 0 bridgehead atoms. The van der Waals surface area contributed by atoms with Crippen LogP contribution in [0.1, 0.15) is 19.3 Å². The number of sulfone groups is 1. The van der Waals surface area contributed by atoms with E-state index in [0.29, 0.717) is 32.5 Å². The molecule has 2 fully saturated rings. The minimum absolute atomic E-state index is 0.00204. The summed E-state index contributed by atoms with van der Waals surface area (Å²) in [6.07, 6.45) is 1.61. The van der Waals surface area contributed by atoms with Crippen LogP contribution in [0.25, 0.3) is 0 Å². The molecular weight excluding hydrogens is 258 g/mol. The van der Waals surface area contributed by atoms with Gasteiger partial charge in [0.15, 0.2) is 15.6 Å². The van der Waals surface area contributed by atoms with Crippen LogP contribution in [0.5, 0.6) is 0 Å². The molecule has 2 aliphatic rings. The van der Waals surface area contributed by atoms with Crippen LogP contribution >= 0.6 is 0 Å². The second-order valence-electron chi connectivity index (χ2n) is 4.91. The highest BCUT2D eigenvalue weighted by molar-refractivity contribution is 7.92. The van der Waals surface area contributed by atoms with Gasteiger partial charge in [-0.1, -0.05) is 0 Å². The maximum atomic E-state index is 12.2. The number of hydrogen-bond acceptors (Lipinski definition) is 6. The van der Waals surface area contributed by atoms with E-state index >= 15 is 0 Å². The van der Waals surface area contributed by atoms with Gasteiger partial charge in [0.05, 0.1) is 30.8 Å². The molecule has 7 heteroatoms. The molecule has 0 amide bonds. The Bertz CT molecular complexity index is 377. The van der Waals surface area contributed by atoms with Gasteiger partial charge >= 0.3 is 0 Å². The maximum Gasteiger partial charge on any atom is 0.169 e. The molecule has 0 aromatic heterocycles. The number of hydrogen-bond donors (Lipinski definition) is 1. The summed E-state index contributed by atoms with van der Waals surface area (Å²) in [4.78, 5) is 0.